The Morgan fingerprint density at radius 1 is 1.21 bits per heavy atom. The number of fused-ring (bicyclic) bond motifs is 1. The lowest BCUT2D eigenvalue weighted by Crippen LogP contribution is -2.05. The normalized spacial score (nSPS) is 11.1. The van der Waals surface area contributed by atoms with Gasteiger partial charge < -0.3 is 4.57 Å². The molecule has 2 aromatic heterocycles. The third kappa shape index (κ3) is 3.23. The molecule has 124 valence electrons. The molecule has 3 rings (SSSR count). The van der Waals surface area contributed by atoms with Crippen molar-refractivity contribution in [2.45, 2.75) is 39.7 Å². The fourth-order valence-electron chi connectivity index (χ4n) is 3.05. The van der Waals surface area contributed by atoms with E-state index in [1.165, 1.54) is 12.1 Å². The predicted octanol–water partition coefficient (Wildman–Crippen LogP) is 4.77. The summed E-state index contributed by atoms with van der Waals surface area (Å²) in [6, 6.07) is 8.57. The van der Waals surface area contributed by atoms with Crippen molar-refractivity contribution in [3.63, 3.8) is 0 Å². The zero-order valence-corrected chi connectivity index (χ0v) is 14.1. The Morgan fingerprint density at radius 2 is 1.96 bits per heavy atom. The van der Waals surface area contributed by atoms with Crippen LogP contribution in [0.5, 0.6) is 0 Å². The number of aryl methyl sites for hydroxylation is 1. The molecule has 3 aromatic rings. The predicted molar refractivity (Wildman–Crippen MR) is 93.9 cm³/mol. The van der Waals surface area contributed by atoms with Gasteiger partial charge in [-0.1, -0.05) is 25.5 Å². The molecule has 0 radical (unpaired) electrons. The maximum atomic E-state index is 13.1. The quantitative estimate of drug-likeness (QED) is 0.612. The minimum atomic E-state index is -0.231. The van der Waals surface area contributed by atoms with E-state index in [1.54, 1.807) is 25.3 Å². The second kappa shape index (κ2) is 6.95. The summed E-state index contributed by atoms with van der Waals surface area (Å²) >= 11 is 0. The van der Waals surface area contributed by atoms with Crippen molar-refractivity contribution in [1.29, 1.82) is 0 Å². The molecule has 0 aliphatic rings. The summed E-state index contributed by atoms with van der Waals surface area (Å²) in [4.78, 5) is 16.3. The number of unbranched alkanes of at least 4 members (excludes halogenated alkanes) is 1. The number of hydrogen-bond acceptors (Lipinski definition) is 2. The zero-order valence-electron chi connectivity index (χ0n) is 14.1. The Bertz CT molecular complexity index is 865. The number of aromatic nitrogens is 2. The van der Waals surface area contributed by atoms with Crippen LogP contribution in [0.4, 0.5) is 4.39 Å². The van der Waals surface area contributed by atoms with Crippen LogP contribution in [0, 0.1) is 5.82 Å². The minimum absolute atomic E-state index is 0.00860. The molecule has 0 saturated heterocycles. The number of benzene rings is 1. The highest BCUT2D eigenvalue weighted by molar-refractivity contribution is 5.98. The van der Waals surface area contributed by atoms with E-state index in [-0.39, 0.29) is 11.6 Å². The van der Waals surface area contributed by atoms with Crippen LogP contribution >= 0.6 is 0 Å². The molecule has 1 aromatic carbocycles. The number of halogens is 1. The summed E-state index contributed by atoms with van der Waals surface area (Å²) in [5, 5.41) is 1.09. The molecular formula is C20H21FN2O. The van der Waals surface area contributed by atoms with Gasteiger partial charge in [0.1, 0.15) is 11.5 Å². The number of rotatable bonds is 6. The lowest BCUT2D eigenvalue weighted by Gasteiger charge is -2.10. The van der Waals surface area contributed by atoms with E-state index in [0.29, 0.717) is 12.2 Å². The van der Waals surface area contributed by atoms with Crippen LogP contribution in [0.15, 0.2) is 42.7 Å². The van der Waals surface area contributed by atoms with Gasteiger partial charge in [-0.05, 0) is 42.2 Å². The minimum Gasteiger partial charge on any atom is -0.342 e. The smallest absolute Gasteiger partial charge is 0.178 e. The molecule has 0 amide bonds. The van der Waals surface area contributed by atoms with Gasteiger partial charge >= 0.3 is 0 Å². The first-order valence-electron chi connectivity index (χ1n) is 8.32. The van der Waals surface area contributed by atoms with Crippen LogP contribution in [0.2, 0.25) is 0 Å². The van der Waals surface area contributed by atoms with Crippen LogP contribution in [-0.4, -0.2) is 15.3 Å². The van der Waals surface area contributed by atoms with Crippen molar-refractivity contribution >= 4 is 16.7 Å². The standard InChI is InChI=1S/C20H21FN2O/c1-3-4-5-18-17-10-11-23(13-15-6-8-16(21)9-7-15)19(17)12-22-20(18)14(2)24/h6-12H,3-5,13H2,1-2H3. The molecule has 0 unspecified atom stereocenters. The van der Waals surface area contributed by atoms with Crippen molar-refractivity contribution in [1.82, 2.24) is 9.55 Å². The lowest BCUT2D eigenvalue weighted by atomic mass is 10.0. The average Bonchev–Trinajstić information content (AvgIpc) is 2.97. The molecule has 0 spiro atoms. The molecule has 0 fully saturated rings. The number of pyridine rings is 1. The van der Waals surface area contributed by atoms with E-state index < -0.39 is 0 Å². The first-order chi connectivity index (χ1) is 11.6. The number of Topliss-reactive ketones (excluding diaryl/α,β-unsaturated/α-hetero) is 1. The van der Waals surface area contributed by atoms with Crippen LogP contribution in [-0.2, 0) is 13.0 Å². The third-order valence-electron chi connectivity index (χ3n) is 4.31. The van der Waals surface area contributed by atoms with E-state index in [0.717, 1.165) is 41.3 Å². The van der Waals surface area contributed by atoms with Crippen LogP contribution in [0.25, 0.3) is 10.9 Å². The summed E-state index contributed by atoms with van der Waals surface area (Å²) in [7, 11) is 0. The van der Waals surface area contributed by atoms with E-state index in [4.69, 9.17) is 0 Å². The van der Waals surface area contributed by atoms with Crippen LogP contribution in [0.3, 0.4) is 0 Å². The maximum Gasteiger partial charge on any atom is 0.178 e. The number of ketones is 1. The summed E-state index contributed by atoms with van der Waals surface area (Å²) in [6.45, 7) is 4.36. The van der Waals surface area contributed by atoms with Crippen LogP contribution in [0.1, 0.15) is 48.3 Å². The molecule has 2 heterocycles. The molecule has 0 N–H and O–H groups in total. The molecule has 0 aliphatic carbocycles. The van der Waals surface area contributed by atoms with Crippen LogP contribution < -0.4 is 0 Å². The fourth-order valence-corrected chi connectivity index (χ4v) is 3.05. The number of carbonyl (C=O) groups is 1. The molecule has 4 heteroatoms. The monoisotopic (exact) mass is 324 g/mol. The number of carbonyl (C=O) groups excluding carboxylic acids is 1. The van der Waals surface area contributed by atoms with Gasteiger partial charge in [0.15, 0.2) is 5.78 Å². The van der Waals surface area contributed by atoms with E-state index in [9.17, 15) is 9.18 Å². The Hall–Kier alpha value is -2.49. The number of hydrogen-bond donors (Lipinski definition) is 0. The van der Waals surface area contributed by atoms with Gasteiger partial charge in [0.2, 0.25) is 0 Å². The first kappa shape index (κ1) is 16.4. The molecule has 0 aliphatic heterocycles. The van der Waals surface area contributed by atoms with Crippen molar-refractivity contribution in [3.8, 4) is 0 Å². The highest BCUT2D eigenvalue weighted by atomic mass is 19.1. The van der Waals surface area contributed by atoms with Gasteiger partial charge in [-0.3, -0.25) is 9.78 Å². The molecule has 0 saturated carbocycles. The van der Waals surface area contributed by atoms with Gasteiger partial charge in [-0.2, -0.15) is 0 Å². The van der Waals surface area contributed by atoms with Gasteiger partial charge in [0, 0.05) is 25.1 Å². The summed E-state index contributed by atoms with van der Waals surface area (Å²) in [5.74, 6) is -0.222. The van der Waals surface area contributed by atoms with Crippen molar-refractivity contribution in [2.24, 2.45) is 0 Å². The highest BCUT2D eigenvalue weighted by Crippen LogP contribution is 2.25. The molecule has 24 heavy (non-hydrogen) atoms. The second-order valence-corrected chi connectivity index (χ2v) is 6.11. The van der Waals surface area contributed by atoms with Crippen molar-refractivity contribution in [2.75, 3.05) is 0 Å². The maximum absolute atomic E-state index is 13.1. The Balaban J connectivity index is 2.02. The highest BCUT2D eigenvalue weighted by Gasteiger charge is 2.15. The molecule has 0 atom stereocenters. The van der Waals surface area contributed by atoms with E-state index in [2.05, 4.69) is 22.5 Å². The van der Waals surface area contributed by atoms with Crippen molar-refractivity contribution in [3.05, 3.63) is 65.4 Å². The van der Waals surface area contributed by atoms with Crippen molar-refractivity contribution < 1.29 is 9.18 Å². The first-order valence-corrected chi connectivity index (χ1v) is 8.32. The summed E-state index contributed by atoms with van der Waals surface area (Å²) in [6.07, 6.45) is 6.74. The van der Waals surface area contributed by atoms with Gasteiger partial charge in [0.05, 0.1) is 11.7 Å². The molecule has 3 nitrogen and oxygen atoms in total. The molecular weight excluding hydrogens is 303 g/mol. The zero-order chi connectivity index (χ0) is 17.1. The number of nitrogens with zero attached hydrogens (tertiary/aromatic N) is 2. The second-order valence-electron chi connectivity index (χ2n) is 6.11. The van der Waals surface area contributed by atoms with Gasteiger partial charge in [-0.25, -0.2) is 4.39 Å². The summed E-state index contributed by atoms with van der Waals surface area (Å²) < 4.78 is 15.2. The lowest BCUT2D eigenvalue weighted by molar-refractivity contribution is 0.101. The fraction of sp³-hybridized carbons (Fsp3) is 0.300. The van der Waals surface area contributed by atoms with E-state index in [1.807, 2.05) is 6.20 Å². The largest absolute Gasteiger partial charge is 0.342 e. The Kier molecular flexibility index (Phi) is 4.74. The topological polar surface area (TPSA) is 34.9 Å². The summed E-state index contributed by atoms with van der Waals surface area (Å²) in [5.41, 5.74) is 3.66. The van der Waals surface area contributed by atoms with Gasteiger partial charge in [-0.15, -0.1) is 0 Å². The van der Waals surface area contributed by atoms with Gasteiger partial charge in [0.25, 0.3) is 0 Å². The van der Waals surface area contributed by atoms with E-state index >= 15 is 0 Å². The third-order valence-corrected chi connectivity index (χ3v) is 4.31. The SMILES string of the molecule is CCCCc1c(C(C)=O)ncc2c1ccn2Cc1ccc(F)cc1. The average molecular weight is 324 g/mol. The Morgan fingerprint density at radius 3 is 2.62 bits per heavy atom. The Labute approximate surface area is 141 Å². The molecule has 0 bridgehead atoms.